The second kappa shape index (κ2) is 13.2. The normalized spacial score (nSPS) is 13.9. The van der Waals surface area contributed by atoms with Crippen LogP contribution in [0.5, 0.6) is 0 Å². The molecule has 0 radical (unpaired) electrons. The second-order valence-electron chi connectivity index (χ2n) is 6.80. The van der Waals surface area contributed by atoms with E-state index in [0.717, 1.165) is 6.42 Å². The Morgan fingerprint density at radius 2 is 1.24 bits per heavy atom. The lowest BCUT2D eigenvalue weighted by Gasteiger charge is -2.28. The lowest BCUT2D eigenvalue weighted by atomic mass is 10.1. The van der Waals surface area contributed by atoms with E-state index in [0.29, 0.717) is 6.10 Å². The monoisotopic (exact) mass is 354 g/mol. The summed E-state index contributed by atoms with van der Waals surface area (Å²) in [6.07, 6.45) is 15.2. The summed E-state index contributed by atoms with van der Waals surface area (Å²) < 4.78 is 5.72. The van der Waals surface area contributed by atoms with Crippen LogP contribution < -0.4 is 0 Å². The van der Waals surface area contributed by atoms with Crippen molar-refractivity contribution in [1.29, 1.82) is 0 Å². The number of unbranched alkanes of at least 4 members (excludes halogenated alkanes) is 9. The number of rotatable bonds is 14. The van der Waals surface area contributed by atoms with Crippen molar-refractivity contribution in [2.45, 2.75) is 108 Å². The van der Waals surface area contributed by atoms with Crippen molar-refractivity contribution >= 4 is 31.5 Å². The van der Waals surface area contributed by atoms with E-state index in [2.05, 4.69) is 26.9 Å². The highest BCUT2D eigenvalue weighted by molar-refractivity contribution is 6.88. The van der Waals surface area contributed by atoms with Gasteiger partial charge in [-0.05, 0) is 26.4 Å². The minimum atomic E-state index is -1.91. The highest BCUT2D eigenvalue weighted by Gasteiger charge is 2.32. The number of halogens is 2. The van der Waals surface area contributed by atoms with Crippen molar-refractivity contribution in [2.24, 2.45) is 0 Å². The maximum Gasteiger partial charge on any atom is 0.220 e. The summed E-state index contributed by atoms with van der Waals surface area (Å²) in [4.78, 5) is 0. The molecule has 0 spiro atoms. The van der Waals surface area contributed by atoms with Gasteiger partial charge in [0.2, 0.25) is 8.32 Å². The van der Waals surface area contributed by atoms with Crippen molar-refractivity contribution in [3.05, 3.63) is 0 Å². The smallest absolute Gasteiger partial charge is 0.220 e. The van der Waals surface area contributed by atoms with Crippen LogP contribution in [0.25, 0.3) is 0 Å². The van der Waals surface area contributed by atoms with E-state index in [1.54, 1.807) is 0 Å². The predicted octanol–water partition coefficient (Wildman–Crippen LogP) is 7.25. The number of hydrogen-bond acceptors (Lipinski definition) is 1. The van der Waals surface area contributed by atoms with Crippen molar-refractivity contribution in [2.75, 3.05) is 0 Å². The van der Waals surface area contributed by atoms with Gasteiger partial charge in [-0.3, -0.25) is 0 Å². The summed E-state index contributed by atoms with van der Waals surface area (Å²) in [5.74, 6) is 0. The fraction of sp³-hybridized carbons (Fsp3) is 1.00. The van der Waals surface area contributed by atoms with Gasteiger partial charge in [-0.15, -0.1) is 23.2 Å². The highest BCUT2D eigenvalue weighted by atomic mass is 35.5. The summed E-state index contributed by atoms with van der Waals surface area (Å²) in [5.41, 5.74) is 0. The molecule has 0 aromatic heterocycles. The molecule has 0 amide bonds. The molecule has 1 atom stereocenters. The van der Waals surface area contributed by atoms with Gasteiger partial charge in [-0.1, -0.05) is 71.1 Å². The Balaban J connectivity index is 3.39. The molecule has 0 heterocycles. The first-order chi connectivity index (χ1) is 9.90. The molecule has 0 aliphatic carbocycles. The molecular formula is C17H36Cl2OSi. The Labute approximate surface area is 144 Å². The van der Waals surface area contributed by atoms with Crippen LogP contribution in [-0.2, 0) is 4.43 Å². The lowest BCUT2D eigenvalue weighted by molar-refractivity contribution is 0.197. The van der Waals surface area contributed by atoms with Crippen LogP contribution in [0.2, 0.25) is 13.1 Å². The molecule has 1 nitrogen and oxygen atoms in total. The number of hydrogen-bond donors (Lipinski definition) is 0. The lowest BCUT2D eigenvalue weighted by Crippen LogP contribution is -2.41. The topological polar surface area (TPSA) is 9.23 Å². The Bertz CT molecular complexity index is 235. The zero-order valence-corrected chi connectivity index (χ0v) is 17.1. The molecule has 0 fully saturated rings. The first kappa shape index (κ1) is 21.8. The van der Waals surface area contributed by atoms with Crippen LogP contribution in [0.15, 0.2) is 0 Å². The van der Waals surface area contributed by atoms with Crippen LogP contribution in [0.1, 0.15) is 84.5 Å². The van der Waals surface area contributed by atoms with E-state index >= 15 is 0 Å². The van der Waals surface area contributed by atoms with Gasteiger partial charge >= 0.3 is 0 Å². The van der Waals surface area contributed by atoms with Gasteiger partial charge in [0.25, 0.3) is 0 Å². The summed E-state index contributed by atoms with van der Waals surface area (Å²) in [6, 6.07) is 0. The molecule has 0 saturated carbocycles. The molecule has 4 heteroatoms. The molecule has 0 aliphatic rings. The van der Waals surface area contributed by atoms with Crippen LogP contribution in [0, 0.1) is 0 Å². The molecule has 0 bridgehead atoms. The van der Waals surface area contributed by atoms with Crippen molar-refractivity contribution in [3.8, 4) is 0 Å². The SMILES string of the molecule is CCCCCCCCCCCCC(C)O[Si](C)(C)C(Cl)Cl. The van der Waals surface area contributed by atoms with E-state index in [1.165, 1.54) is 64.2 Å². The molecular weight excluding hydrogens is 319 g/mol. The molecule has 128 valence electrons. The molecule has 0 aliphatic heterocycles. The van der Waals surface area contributed by atoms with Crippen LogP contribution in [0.4, 0.5) is 0 Å². The summed E-state index contributed by atoms with van der Waals surface area (Å²) in [5, 5.41) is 0. The predicted molar refractivity (Wildman–Crippen MR) is 100.0 cm³/mol. The van der Waals surface area contributed by atoms with Gasteiger partial charge in [0.05, 0.1) is 0 Å². The van der Waals surface area contributed by atoms with Gasteiger partial charge in [0, 0.05) is 6.10 Å². The fourth-order valence-electron chi connectivity index (χ4n) is 2.55. The van der Waals surface area contributed by atoms with Crippen molar-refractivity contribution in [3.63, 3.8) is 0 Å². The minimum absolute atomic E-state index is 0.292. The zero-order valence-electron chi connectivity index (χ0n) is 14.6. The molecule has 0 aromatic rings. The summed E-state index contributed by atoms with van der Waals surface area (Å²) in [7, 11) is -1.91. The molecule has 0 N–H and O–H groups in total. The van der Waals surface area contributed by atoms with Gasteiger partial charge in [-0.25, -0.2) is 0 Å². The van der Waals surface area contributed by atoms with Crippen LogP contribution >= 0.6 is 23.2 Å². The van der Waals surface area contributed by atoms with E-state index in [-0.39, 0.29) is 4.46 Å². The van der Waals surface area contributed by atoms with E-state index in [9.17, 15) is 0 Å². The Morgan fingerprint density at radius 3 is 1.67 bits per heavy atom. The van der Waals surface area contributed by atoms with Gasteiger partial charge < -0.3 is 4.43 Å². The molecule has 0 aromatic carbocycles. The Kier molecular flexibility index (Phi) is 13.7. The average molecular weight is 355 g/mol. The third-order valence-corrected chi connectivity index (χ3v) is 9.21. The molecule has 0 saturated heterocycles. The van der Waals surface area contributed by atoms with E-state index < -0.39 is 8.32 Å². The first-order valence-electron chi connectivity index (χ1n) is 8.86. The standard InChI is InChI=1S/C17H36Cl2OSi/c1-5-6-7-8-9-10-11-12-13-14-15-16(2)20-21(3,4)17(18)19/h16-17H,5-15H2,1-4H3. The summed E-state index contributed by atoms with van der Waals surface area (Å²) >= 11 is 12.0. The molecule has 0 rings (SSSR count). The molecule has 1 unspecified atom stereocenters. The van der Waals surface area contributed by atoms with Gasteiger partial charge in [0.15, 0.2) is 0 Å². The maximum atomic E-state index is 6.06. The zero-order chi connectivity index (χ0) is 16.1. The Hall–Kier alpha value is 0.757. The third-order valence-electron chi connectivity index (χ3n) is 3.99. The van der Waals surface area contributed by atoms with Crippen molar-refractivity contribution < 1.29 is 4.43 Å². The largest absolute Gasteiger partial charge is 0.412 e. The minimum Gasteiger partial charge on any atom is -0.412 e. The second-order valence-corrected chi connectivity index (χ2v) is 12.7. The number of alkyl halides is 2. The van der Waals surface area contributed by atoms with Crippen LogP contribution in [-0.4, -0.2) is 18.9 Å². The average Bonchev–Trinajstić information content (AvgIpc) is 2.40. The van der Waals surface area contributed by atoms with Crippen molar-refractivity contribution in [1.82, 2.24) is 0 Å². The van der Waals surface area contributed by atoms with E-state index in [1.807, 2.05) is 0 Å². The first-order valence-corrected chi connectivity index (χ1v) is 12.7. The molecule has 21 heavy (non-hydrogen) atoms. The quantitative estimate of drug-likeness (QED) is 0.181. The van der Waals surface area contributed by atoms with E-state index in [4.69, 9.17) is 27.6 Å². The van der Waals surface area contributed by atoms with Gasteiger partial charge in [-0.2, -0.15) is 0 Å². The maximum absolute atomic E-state index is 6.06. The van der Waals surface area contributed by atoms with Crippen LogP contribution in [0.3, 0.4) is 0 Å². The Morgan fingerprint density at radius 1 is 0.810 bits per heavy atom. The fourth-order valence-corrected chi connectivity index (χ4v) is 4.11. The summed E-state index contributed by atoms with van der Waals surface area (Å²) in [6.45, 7) is 8.60. The van der Waals surface area contributed by atoms with Gasteiger partial charge in [0.1, 0.15) is 4.46 Å². The highest BCUT2D eigenvalue weighted by Crippen LogP contribution is 2.23. The third kappa shape index (κ3) is 12.9.